The highest BCUT2D eigenvalue weighted by Crippen LogP contribution is 2.27. The topological polar surface area (TPSA) is 26.5 Å². The molecule has 4 heteroatoms. The number of hydrogen-bond donors (Lipinski definition) is 0. The van der Waals surface area contributed by atoms with Crippen molar-refractivity contribution in [3.8, 4) is 0 Å². The monoisotopic (exact) mass is 266 g/mol. The third kappa shape index (κ3) is 1.40. The van der Waals surface area contributed by atoms with Crippen LogP contribution in [0.3, 0.4) is 0 Å². The van der Waals surface area contributed by atoms with E-state index in [0.717, 1.165) is 22.4 Å². The van der Waals surface area contributed by atoms with Crippen molar-refractivity contribution in [2.45, 2.75) is 19.4 Å². The molecule has 2 aromatic heterocycles. The first-order valence-electron chi connectivity index (χ1n) is 5.00. The van der Waals surface area contributed by atoms with Gasteiger partial charge in [-0.3, -0.25) is 0 Å². The summed E-state index contributed by atoms with van der Waals surface area (Å²) in [6.07, 6.45) is 2.07. The van der Waals surface area contributed by atoms with Crippen molar-refractivity contribution in [3.05, 3.63) is 34.2 Å². The first-order valence-corrected chi connectivity index (χ1v) is 5.79. The molecule has 78 valence electrons. The van der Waals surface area contributed by atoms with Gasteiger partial charge in [0.2, 0.25) is 0 Å². The zero-order chi connectivity index (χ0) is 10.4. The van der Waals surface area contributed by atoms with Crippen LogP contribution in [0.5, 0.6) is 0 Å². The molecule has 0 spiro atoms. The average molecular weight is 267 g/mol. The normalized spacial score (nSPS) is 20.5. The minimum Gasteiger partial charge on any atom is -0.374 e. The molecule has 0 fully saturated rings. The Labute approximate surface area is 96.2 Å². The van der Waals surface area contributed by atoms with Crippen LogP contribution in [-0.4, -0.2) is 16.0 Å². The first-order chi connectivity index (χ1) is 7.25. The Bertz CT molecular complexity index is 521. The molecule has 0 bridgehead atoms. The van der Waals surface area contributed by atoms with E-state index in [9.17, 15) is 0 Å². The summed E-state index contributed by atoms with van der Waals surface area (Å²) in [5.74, 6) is 0.415. The second-order valence-corrected chi connectivity index (χ2v) is 4.85. The fourth-order valence-electron chi connectivity index (χ4n) is 2.13. The number of imidazole rings is 1. The van der Waals surface area contributed by atoms with Gasteiger partial charge in [-0.1, -0.05) is 6.92 Å². The molecule has 3 rings (SSSR count). The van der Waals surface area contributed by atoms with Crippen molar-refractivity contribution in [2.24, 2.45) is 0 Å². The smallest absolute Gasteiger partial charge is 0.137 e. The quantitative estimate of drug-likeness (QED) is 0.733. The summed E-state index contributed by atoms with van der Waals surface area (Å²) in [5, 5.41) is 0. The van der Waals surface area contributed by atoms with Gasteiger partial charge in [-0.05, 0) is 28.1 Å². The molecule has 0 radical (unpaired) electrons. The maximum Gasteiger partial charge on any atom is 0.137 e. The van der Waals surface area contributed by atoms with Crippen LogP contribution in [0.1, 0.15) is 24.2 Å². The van der Waals surface area contributed by atoms with Crippen molar-refractivity contribution in [1.82, 2.24) is 9.38 Å². The maximum absolute atomic E-state index is 5.48. The van der Waals surface area contributed by atoms with Gasteiger partial charge < -0.3 is 9.14 Å². The van der Waals surface area contributed by atoms with Crippen LogP contribution >= 0.6 is 15.9 Å². The number of hydrogen-bond acceptors (Lipinski definition) is 2. The number of rotatable bonds is 0. The number of ether oxygens (including phenoxy) is 1. The number of fused-ring (bicyclic) bond motifs is 3. The van der Waals surface area contributed by atoms with Crippen LogP contribution < -0.4 is 0 Å². The molecule has 0 aliphatic carbocycles. The van der Waals surface area contributed by atoms with Crippen LogP contribution in [-0.2, 0) is 11.3 Å². The molecular formula is C11H11BrN2O. The van der Waals surface area contributed by atoms with Crippen molar-refractivity contribution in [2.75, 3.05) is 6.61 Å². The highest BCUT2D eigenvalue weighted by Gasteiger charge is 2.22. The highest BCUT2D eigenvalue weighted by atomic mass is 79.9. The zero-order valence-corrected chi connectivity index (χ0v) is 9.99. The molecule has 0 N–H and O–H groups in total. The minimum absolute atomic E-state index is 0.415. The Morgan fingerprint density at radius 3 is 3.27 bits per heavy atom. The lowest BCUT2D eigenvalue weighted by Crippen LogP contribution is -2.15. The molecule has 1 atom stereocenters. The Morgan fingerprint density at radius 1 is 1.53 bits per heavy atom. The molecule has 15 heavy (non-hydrogen) atoms. The summed E-state index contributed by atoms with van der Waals surface area (Å²) in [5.41, 5.74) is 3.37. The van der Waals surface area contributed by atoms with Gasteiger partial charge in [0, 0.05) is 16.6 Å². The van der Waals surface area contributed by atoms with Crippen LogP contribution in [0.15, 0.2) is 22.8 Å². The molecule has 2 aromatic rings. The van der Waals surface area contributed by atoms with E-state index in [1.807, 2.05) is 12.1 Å². The Hall–Kier alpha value is -0.870. The van der Waals surface area contributed by atoms with Gasteiger partial charge in [-0.15, -0.1) is 0 Å². The lowest BCUT2D eigenvalue weighted by molar-refractivity contribution is 0.0911. The first kappa shape index (κ1) is 9.36. The summed E-state index contributed by atoms with van der Waals surface area (Å²) < 4.78 is 8.72. The van der Waals surface area contributed by atoms with E-state index in [1.54, 1.807) is 0 Å². The molecule has 3 heterocycles. The highest BCUT2D eigenvalue weighted by molar-refractivity contribution is 9.10. The van der Waals surface area contributed by atoms with Gasteiger partial charge in [0.15, 0.2) is 0 Å². The van der Waals surface area contributed by atoms with Crippen LogP contribution in [0.25, 0.3) is 5.65 Å². The second kappa shape index (κ2) is 3.32. The predicted octanol–water partition coefficient (Wildman–Crippen LogP) is 2.73. The standard InChI is InChI=1S/C11H11BrN2O/c1-7-5-15-6-9-11(7)14-4-8(12)2-3-10(14)13-9/h2-4,7H,5-6H2,1H3. The van der Waals surface area contributed by atoms with Crippen molar-refractivity contribution < 1.29 is 4.74 Å². The SMILES string of the molecule is CC1COCc2nc3ccc(Br)cn3c21. The van der Waals surface area contributed by atoms with Crippen LogP contribution in [0.2, 0.25) is 0 Å². The van der Waals surface area contributed by atoms with Gasteiger partial charge in [0.05, 0.1) is 24.6 Å². The van der Waals surface area contributed by atoms with E-state index in [1.165, 1.54) is 5.69 Å². The molecule has 3 nitrogen and oxygen atoms in total. The number of aromatic nitrogens is 2. The summed E-state index contributed by atoms with van der Waals surface area (Å²) in [6.45, 7) is 3.60. The molecule has 1 aliphatic rings. The third-order valence-electron chi connectivity index (χ3n) is 2.77. The van der Waals surface area contributed by atoms with Gasteiger partial charge in [0.1, 0.15) is 5.65 Å². The van der Waals surface area contributed by atoms with E-state index in [0.29, 0.717) is 12.5 Å². The number of halogens is 1. The summed E-state index contributed by atoms with van der Waals surface area (Å²) in [7, 11) is 0. The van der Waals surface area contributed by atoms with E-state index in [4.69, 9.17) is 4.74 Å². The number of nitrogens with zero attached hydrogens (tertiary/aromatic N) is 2. The van der Waals surface area contributed by atoms with Crippen molar-refractivity contribution >= 4 is 21.6 Å². The molecule has 0 aromatic carbocycles. The van der Waals surface area contributed by atoms with Crippen molar-refractivity contribution in [3.63, 3.8) is 0 Å². The fraction of sp³-hybridized carbons (Fsp3) is 0.364. The summed E-state index contributed by atoms with van der Waals surface area (Å²) in [4.78, 5) is 4.56. The van der Waals surface area contributed by atoms with Gasteiger partial charge in [-0.2, -0.15) is 0 Å². The summed E-state index contributed by atoms with van der Waals surface area (Å²) in [6, 6.07) is 4.04. The molecule has 0 saturated heterocycles. The minimum atomic E-state index is 0.415. The largest absolute Gasteiger partial charge is 0.374 e. The van der Waals surface area contributed by atoms with Gasteiger partial charge in [-0.25, -0.2) is 4.98 Å². The second-order valence-electron chi connectivity index (χ2n) is 3.94. The van der Waals surface area contributed by atoms with Crippen LogP contribution in [0, 0.1) is 0 Å². The summed E-state index contributed by atoms with van der Waals surface area (Å²) >= 11 is 3.49. The lowest BCUT2D eigenvalue weighted by atomic mass is 10.1. The van der Waals surface area contributed by atoms with E-state index >= 15 is 0 Å². The number of pyridine rings is 1. The van der Waals surface area contributed by atoms with E-state index in [-0.39, 0.29) is 0 Å². The predicted molar refractivity (Wildman–Crippen MR) is 61.0 cm³/mol. The zero-order valence-electron chi connectivity index (χ0n) is 8.40. The average Bonchev–Trinajstić information content (AvgIpc) is 2.57. The third-order valence-corrected chi connectivity index (χ3v) is 3.24. The fourth-order valence-corrected chi connectivity index (χ4v) is 2.46. The Morgan fingerprint density at radius 2 is 2.40 bits per heavy atom. The molecule has 0 saturated carbocycles. The van der Waals surface area contributed by atoms with Crippen LogP contribution in [0.4, 0.5) is 0 Å². The maximum atomic E-state index is 5.48. The lowest BCUT2D eigenvalue weighted by Gasteiger charge is -2.18. The molecule has 0 amide bonds. The van der Waals surface area contributed by atoms with Gasteiger partial charge >= 0.3 is 0 Å². The van der Waals surface area contributed by atoms with E-state index in [2.05, 4.69) is 38.4 Å². The Balaban J connectivity index is 2.33. The Kier molecular flexibility index (Phi) is 2.07. The van der Waals surface area contributed by atoms with Crippen molar-refractivity contribution in [1.29, 1.82) is 0 Å². The van der Waals surface area contributed by atoms with Gasteiger partial charge in [0.25, 0.3) is 0 Å². The molecule has 1 unspecified atom stereocenters. The van der Waals surface area contributed by atoms with E-state index < -0.39 is 0 Å². The molecular weight excluding hydrogens is 256 g/mol. The molecule has 1 aliphatic heterocycles.